The topological polar surface area (TPSA) is 23.5 Å². The molecule has 3 aliphatic rings. The number of aliphatic hydroxyl groups is 1. The van der Waals surface area contributed by atoms with Crippen LogP contribution in [0.25, 0.3) is 0 Å². The average Bonchev–Trinajstić information content (AvgIpc) is 2.52. The maximum Gasteiger partial charge on any atom is 0.0502 e. The number of piperidine rings is 1. The Morgan fingerprint density at radius 1 is 1.42 bits per heavy atom. The van der Waals surface area contributed by atoms with Crippen LogP contribution in [0.15, 0.2) is 0 Å². The van der Waals surface area contributed by atoms with Gasteiger partial charge in [0.1, 0.15) is 0 Å². The van der Waals surface area contributed by atoms with Gasteiger partial charge in [0.15, 0.2) is 0 Å². The lowest BCUT2D eigenvalue weighted by molar-refractivity contribution is 0.117. The van der Waals surface area contributed by atoms with Crippen molar-refractivity contribution in [1.29, 1.82) is 0 Å². The summed E-state index contributed by atoms with van der Waals surface area (Å²) in [6.45, 7) is 2.91. The summed E-state index contributed by atoms with van der Waals surface area (Å²) in [4.78, 5) is 2.62. The zero-order valence-corrected chi connectivity index (χ0v) is 7.50. The first-order valence-electron chi connectivity index (χ1n) is 5.19. The lowest BCUT2D eigenvalue weighted by atomic mass is 9.91. The summed E-state index contributed by atoms with van der Waals surface area (Å²) >= 11 is 0. The van der Waals surface area contributed by atoms with Gasteiger partial charge in [0.25, 0.3) is 0 Å². The summed E-state index contributed by atoms with van der Waals surface area (Å²) in [6, 6.07) is 0.890. The monoisotopic (exact) mass is 167 g/mol. The van der Waals surface area contributed by atoms with Gasteiger partial charge in [0.05, 0.1) is 6.61 Å². The van der Waals surface area contributed by atoms with Crippen molar-refractivity contribution >= 4 is 0 Å². The number of hydrogen-bond donors (Lipinski definition) is 1. The van der Waals surface area contributed by atoms with Crippen LogP contribution in [0.3, 0.4) is 0 Å². The van der Waals surface area contributed by atoms with E-state index >= 15 is 0 Å². The second-order valence-corrected chi connectivity index (χ2v) is 4.94. The first-order valence-corrected chi connectivity index (χ1v) is 5.19. The largest absolute Gasteiger partial charge is 0.396 e. The minimum Gasteiger partial charge on any atom is -0.396 e. The molecule has 3 fully saturated rings. The number of rotatable bonds is 2. The van der Waals surface area contributed by atoms with E-state index in [1.54, 1.807) is 0 Å². The van der Waals surface area contributed by atoms with Crippen LogP contribution in [0.2, 0.25) is 0 Å². The number of hydrogen-bond acceptors (Lipinski definition) is 2. The van der Waals surface area contributed by atoms with Crippen LogP contribution in [0, 0.1) is 11.3 Å². The van der Waals surface area contributed by atoms with E-state index in [0.717, 1.165) is 12.0 Å². The molecule has 1 N–H and O–H groups in total. The Morgan fingerprint density at radius 2 is 2.25 bits per heavy atom. The van der Waals surface area contributed by atoms with Crippen LogP contribution in [0.5, 0.6) is 0 Å². The van der Waals surface area contributed by atoms with Crippen LogP contribution in [-0.4, -0.2) is 35.7 Å². The van der Waals surface area contributed by atoms with Crippen molar-refractivity contribution in [3.63, 3.8) is 0 Å². The van der Waals surface area contributed by atoms with Gasteiger partial charge >= 0.3 is 0 Å². The van der Waals surface area contributed by atoms with Crippen molar-refractivity contribution in [2.75, 3.05) is 19.7 Å². The molecule has 2 nitrogen and oxygen atoms in total. The molecule has 0 spiro atoms. The summed E-state index contributed by atoms with van der Waals surface area (Å²) in [5.41, 5.74) is 0.371. The first-order chi connectivity index (χ1) is 5.84. The second kappa shape index (κ2) is 2.24. The van der Waals surface area contributed by atoms with E-state index in [1.165, 1.54) is 38.8 Å². The van der Waals surface area contributed by atoms with E-state index in [2.05, 4.69) is 4.90 Å². The van der Waals surface area contributed by atoms with Crippen LogP contribution >= 0.6 is 0 Å². The number of fused-ring (bicyclic) bond motifs is 1. The Morgan fingerprint density at radius 3 is 2.75 bits per heavy atom. The molecule has 12 heavy (non-hydrogen) atoms. The smallest absolute Gasteiger partial charge is 0.0502 e. The fourth-order valence-electron chi connectivity index (χ4n) is 2.91. The maximum absolute atomic E-state index is 9.23. The molecule has 1 heterocycles. The summed E-state index contributed by atoms with van der Waals surface area (Å²) in [6.07, 6.45) is 5.55. The van der Waals surface area contributed by atoms with Gasteiger partial charge in [-0.05, 0) is 25.2 Å². The molecule has 2 unspecified atom stereocenters. The standard InChI is InChI=1S/C10H17NO/c12-7-10-4-8(10)5-11(6-10)9-2-1-3-9/h8-9,12H,1-7H2. The molecule has 3 rings (SSSR count). The molecule has 2 heteroatoms. The summed E-state index contributed by atoms with van der Waals surface area (Å²) in [5.74, 6) is 0.850. The van der Waals surface area contributed by atoms with Crippen molar-refractivity contribution in [3.8, 4) is 0 Å². The summed E-state index contributed by atoms with van der Waals surface area (Å²) in [7, 11) is 0. The molecular weight excluding hydrogens is 150 g/mol. The third-order valence-corrected chi connectivity index (χ3v) is 4.24. The average molecular weight is 167 g/mol. The lowest BCUT2D eigenvalue weighted by Gasteiger charge is -2.36. The van der Waals surface area contributed by atoms with Gasteiger partial charge in [-0.15, -0.1) is 0 Å². The Balaban J connectivity index is 1.65. The third-order valence-electron chi connectivity index (χ3n) is 4.24. The van der Waals surface area contributed by atoms with E-state index in [-0.39, 0.29) is 0 Å². The fraction of sp³-hybridized carbons (Fsp3) is 1.00. The molecule has 2 aliphatic carbocycles. The molecule has 0 amide bonds. The van der Waals surface area contributed by atoms with Crippen LogP contribution in [-0.2, 0) is 0 Å². The minimum atomic E-state index is 0.371. The van der Waals surface area contributed by atoms with Crippen molar-refractivity contribution in [1.82, 2.24) is 4.90 Å². The summed E-state index contributed by atoms with van der Waals surface area (Å²) in [5, 5.41) is 9.23. The molecule has 0 bridgehead atoms. The van der Waals surface area contributed by atoms with Gasteiger partial charge in [0, 0.05) is 24.5 Å². The highest BCUT2D eigenvalue weighted by molar-refractivity contribution is 5.11. The van der Waals surface area contributed by atoms with E-state index in [1.807, 2.05) is 0 Å². The Kier molecular flexibility index (Phi) is 1.37. The zero-order valence-electron chi connectivity index (χ0n) is 7.50. The van der Waals surface area contributed by atoms with Gasteiger partial charge in [-0.1, -0.05) is 6.42 Å². The van der Waals surface area contributed by atoms with E-state index in [9.17, 15) is 5.11 Å². The number of likely N-dealkylation sites (tertiary alicyclic amines) is 1. The molecule has 1 saturated heterocycles. The number of aliphatic hydroxyl groups excluding tert-OH is 1. The first kappa shape index (κ1) is 7.34. The molecule has 2 atom stereocenters. The highest BCUT2D eigenvalue weighted by Crippen LogP contribution is 2.58. The quantitative estimate of drug-likeness (QED) is 0.659. The van der Waals surface area contributed by atoms with Crippen molar-refractivity contribution in [2.45, 2.75) is 31.7 Å². The Labute approximate surface area is 73.6 Å². The molecular formula is C10H17NO. The van der Waals surface area contributed by atoms with Crippen molar-refractivity contribution < 1.29 is 5.11 Å². The molecule has 0 aromatic heterocycles. The van der Waals surface area contributed by atoms with Gasteiger partial charge in [-0.25, -0.2) is 0 Å². The SMILES string of the molecule is OCC12CC1CN(C1CCC1)C2. The van der Waals surface area contributed by atoms with E-state index < -0.39 is 0 Å². The minimum absolute atomic E-state index is 0.371. The molecule has 1 aliphatic heterocycles. The highest BCUT2D eigenvalue weighted by Gasteiger charge is 2.60. The van der Waals surface area contributed by atoms with E-state index in [0.29, 0.717) is 12.0 Å². The molecule has 0 aromatic carbocycles. The van der Waals surface area contributed by atoms with Crippen LogP contribution in [0.4, 0.5) is 0 Å². The fourth-order valence-corrected chi connectivity index (χ4v) is 2.91. The van der Waals surface area contributed by atoms with E-state index in [4.69, 9.17) is 0 Å². The van der Waals surface area contributed by atoms with Crippen LogP contribution in [0.1, 0.15) is 25.7 Å². The van der Waals surface area contributed by atoms with Gasteiger partial charge in [-0.2, -0.15) is 0 Å². The summed E-state index contributed by atoms with van der Waals surface area (Å²) < 4.78 is 0. The Bertz CT molecular complexity index is 198. The molecule has 0 aromatic rings. The van der Waals surface area contributed by atoms with Crippen LogP contribution < -0.4 is 0 Å². The second-order valence-electron chi connectivity index (χ2n) is 4.94. The van der Waals surface area contributed by atoms with Gasteiger partial charge in [-0.3, -0.25) is 4.90 Å². The van der Waals surface area contributed by atoms with Gasteiger partial charge < -0.3 is 5.11 Å². The van der Waals surface area contributed by atoms with Crippen molar-refractivity contribution in [2.24, 2.45) is 11.3 Å². The molecule has 2 saturated carbocycles. The highest BCUT2D eigenvalue weighted by atomic mass is 16.3. The zero-order chi connectivity index (χ0) is 8.18. The predicted molar refractivity (Wildman–Crippen MR) is 46.8 cm³/mol. The lowest BCUT2D eigenvalue weighted by Crippen LogP contribution is -2.40. The maximum atomic E-state index is 9.23. The normalized spacial score (nSPS) is 47.2. The van der Waals surface area contributed by atoms with Gasteiger partial charge in [0.2, 0.25) is 0 Å². The number of nitrogens with zero attached hydrogens (tertiary/aromatic N) is 1. The Hall–Kier alpha value is -0.0800. The predicted octanol–water partition coefficient (Wildman–Crippen LogP) is 0.853. The van der Waals surface area contributed by atoms with Crippen molar-refractivity contribution in [3.05, 3.63) is 0 Å². The molecule has 0 radical (unpaired) electrons. The molecule has 68 valence electrons. The third kappa shape index (κ3) is 0.826.